The number of pyridine rings is 1. The molecule has 0 fully saturated rings. The topological polar surface area (TPSA) is 123 Å². The van der Waals surface area contributed by atoms with Crippen molar-refractivity contribution in [1.29, 1.82) is 5.26 Å². The van der Waals surface area contributed by atoms with Gasteiger partial charge < -0.3 is 20.5 Å². The second-order valence-corrected chi connectivity index (χ2v) is 7.88. The molecule has 2 heterocycles. The van der Waals surface area contributed by atoms with E-state index < -0.39 is 30.1 Å². The first-order valence-corrected chi connectivity index (χ1v) is 9.33. The lowest BCUT2D eigenvalue weighted by Gasteiger charge is -2.31. The van der Waals surface area contributed by atoms with Gasteiger partial charge in [-0.05, 0) is 51.1 Å². The molecule has 31 heavy (non-hydrogen) atoms. The Balaban J connectivity index is 1.97. The van der Waals surface area contributed by atoms with Crippen LogP contribution in [0.15, 0.2) is 41.5 Å². The molecule has 10 heteroatoms. The lowest BCUT2D eigenvalue weighted by atomic mass is 9.98. The summed E-state index contributed by atoms with van der Waals surface area (Å²) < 4.78 is 39.7. The number of rotatable bonds is 4. The summed E-state index contributed by atoms with van der Waals surface area (Å²) in [5.74, 6) is -3.72. The number of hydrogen-bond acceptors (Lipinski definition) is 7. The summed E-state index contributed by atoms with van der Waals surface area (Å²) in [6.07, 6.45) is 1.26. The Morgan fingerprint density at radius 1 is 1.35 bits per heavy atom. The number of aliphatic imine (C=N–C) groups is 1. The van der Waals surface area contributed by atoms with E-state index in [4.69, 9.17) is 20.5 Å². The third kappa shape index (κ3) is 5.25. The maximum Gasteiger partial charge on any atom is 0.307 e. The summed E-state index contributed by atoms with van der Waals surface area (Å²) in [5.41, 5.74) is 5.53. The molecule has 1 aromatic heterocycles. The van der Waals surface area contributed by atoms with Crippen LogP contribution in [0.25, 0.3) is 0 Å². The molecule has 2 aromatic rings. The quantitative estimate of drug-likeness (QED) is 0.768. The molecule has 1 unspecified atom stereocenters. The van der Waals surface area contributed by atoms with Crippen LogP contribution in [-0.2, 0) is 4.74 Å². The molecular weight excluding hydrogens is 408 g/mol. The monoisotopic (exact) mass is 429 g/mol. The first kappa shape index (κ1) is 22.0. The minimum atomic E-state index is -3.34. The molecule has 0 saturated heterocycles. The Kier molecular flexibility index (Phi) is 5.79. The molecule has 3 rings (SSSR count). The van der Waals surface area contributed by atoms with Crippen LogP contribution in [0.4, 0.5) is 14.5 Å². The Bertz CT molecular complexity index is 1060. The Labute approximate surface area is 177 Å². The fourth-order valence-corrected chi connectivity index (χ4v) is 2.86. The number of hydrogen-bond donors (Lipinski definition) is 2. The third-order valence-corrected chi connectivity index (χ3v) is 4.17. The van der Waals surface area contributed by atoms with Crippen LogP contribution in [0.2, 0.25) is 0 Å². The van der Waals surface area contributed by atoms with E-state index in [0.29, 0.717) is 5.56 Å². The highest BCUT2D eigenvalue weighted by Gasteiger charge is 2.46. The predicted molar refractivity (Wildman–Crippen MR) is 109 cm³/mol. The molecule has 0 saturated carbocycles. The molecule has 0 radical (unpaired) electrons. The van der Waals surface area contributed by atoms with Gasteiger partial charge in [-0.1, -0.05) is 0 Å². The van der Waals surface area contributed by atoms with E-state index in [9.17, 15) is 13.6 Å². The fourth-order valence-electron chi connectivity index (χ4n) is 2.86. The van der Waals surface area contributed by atoms with E-state index >= 15 is 0 Å². The zero-order valence-electron chi connectivity index (χ0n) is 17.1. The van der Waals surface area contributed by atoms with Gasteiger partial charge in [-0.15, -0.1) is 0 Å². The van der Waals surface area contributed by atoms with E-state index in [1.54, 1.807) is 20.8 Å². The summed E-state index contributed by atoms with van der Waals surface area (Å²) in [7, 11) is 0. The average Bonchev–Trinajstić information content (AvgIpc) is 2.70. The molecule has 0 spiro atoms. The zero-order chi connectivity index (χ0) is 22.8. The van der Waals surface area contributed by atoms with Crippen LogP contribution < -0.4 is 15.8 Å². The van der Waals surface area contributed by atoms with Crippen LogP contribution in [0.1, 0.15) is 48.4 Å². The second kappa shape index (κ2) is 8.18. The molecule has 3 N–H and O–H groups in total. The van der Waals surface area contributed by atoms with Crippen molar-refractivity contribution >= 4 is 17.6 Å². The van der Waals surface area contributed by atoms with E-state index in [1.165, 1.54) is 36.5 Å². The van der Waals surface area contributed by atoms with Crippen molar-refractivity contribution in [3.05, 3.63) is 53.3 Å². The van der Waals surface area contributed by atoms with Crippen molar-refractivity contribution in [3.8, 4) is 11.8 Å². The van der Waals surface area contributed by atoms with Gasteiger partial charge in [0.15, 0.2) is 12.6 Å². The fraction of sp³-hybridized carbons (Fsp3) is 0.333. The number of nitrogens with two attached hydrogens (primary N) is 1. The number of nitriles is 1. The Hall–Kier alpha value is -3.74. The van der Waals surface area contributed by atoms with Crippen molar-refractivity contribution < 1.29 is 23.0 Å². The first-order chi connectivity index (χ1) is 14.5. The summed E-state index contributed by atoms with van der Waals surface area (Å²) in [5, 5.41) is 11.4. The molecule has 1 aliphatic rings. The molecule has 0 aliphatic carbocycles. The summed E-state index contributed by atoms with van der Waals surface area (Å²) in [6.45, 7) is 4.42. The van der Waals surface area contributed by atoms with Crippen LogP contribution in [0.3, 0.4) is 0 Å². The van der Waals surface area contributed by atoms with Crippen molar-refractivity contribution in [1.82, 2.24) is 4.98 Å². The van der Waals surface area contributed by atoms with Gasteiger partial charge in [0.1, 0.15) is 23.1 Å². The number of nitrogens with one attached hydrogen (secondary N) is 1. The molecule has 1 aliphatic heterocycles. The predicted octanol–water partition coefficient (Wildman–Crippen LogP) is 3.40. The lowest BCUT2D eigenvalue weighted by Crippen LogP contribution is -2.40. The largest absolute Gasteiger partial charge is 0.488 e. The number of anilines is 1. The number of amidine groups is 1. The van der Waals surface area contributed by atoms with Gasteiger partial charge in [-0.3, -0.25) is 4.79 Å². The lowest BCUT2D eigenvalue weighted by molar-refractivity contribution is -0.0789. The minimum Gasteiger partial charge on any atom is -0.488 e. The van der Waals surface area contributed by atoms with E-state index in [0.717, 1.165) is 0 Å². The number of carbonyl (C=O) groups excluding carboxylic acids is 1. The Morgan fingerprint density at radius 3 is 2.71 bits per heavy atom. The molecule has 8 nitrogen and oxygen atoms in total. The van der Waals surface area contributed by atoms with Gasteiger partial charge in [-0.25, -0.2) is 18.8 Å². The molecule has 0 bridgehead atoms. The number of nitrogens with zero attached hydrogens (tertiary/aromatic N) is 3. The van der Waals surface area contributed by atoms with Crippen molar-refractivity contribution in [2.24, 2.45) is 10.7 Å². The SMILES string of the molecule is CC(C)(C)Oc1ccc(NC(=O)c2ccc(C#N)cn2)cc1C1N=C(N)OCC1(F)F. The number of aromatic nitrogens is 1. The van der Waals surface area contributed by atoms with Crippen LogP contribution in [0.5, 0.6) is 5.75 Å². The third-order valence-electron chi connectivity index (χ3n) is 4.17. The maximum atomic E-state index is 14.6. The van der Waals surface area contributed by atoms with E-state index in [-0.39, 0.29) is 28.7 Å². The van der Waals surface area contributed by atoms with Gasteiger partial charge in [0.05, 0.1) is 5.56 Å². The van der Waals surface area contributed by atoms with Gasteiger partial charge in [-0.2, -0.15) is 5.26 Å². The maximum absolute atomic E-state index is 14.6. The Morgan fingerprint density at radius 2 is 2.10 bits per heavy atom. The van der Waals surface area contributed by atoms with E-state index in [2.05, 4.69) is 15.3 Å². The number of benzene rings is 1. The van der Waals surface area contributed by atoms with Gasteiger partial charge in [0, 0.05) is 17.4 Å². The van der Waals surface area contributed by atoms with Gasteiger partial charge in [0.25, 0.3) is 11.9 Å². The van der Waals surface area contributed by atoms with E-state index in [1.807, 2.05) is 6.07 Å². The molecule has 162 valence electrons. The van der Waals surface area contributed by atoms with Crippen LogP contribution in [0, 0.1) is 11.3 Å². The number of alkyl halides is 2. The highest BCUT2D eigenvalue weighted by atomic mass is 19.3. The molecule has 1 atom stereocenters. The molecular formula is C21H21F2N5O3. The van der Waals surface area contributed by atoms with Gasteiger partial charge >= 0.3 is 5.92 Å². The smallest absolute Gasteiger partial charge is 0.307 e. The van der Waals surface area contributed by atoms with Crippen LogP contribution in [-0.4, -0.2) is 35.0 Å². The summed E-state index contributed by atoms with van der Waals surface area (Å²) in [6, 6.07) is 7.13. The number of amides is 1. The zero-order valence-corrected chi connectivity index (χ0v) is 17.1. The normalized spacial score (nSPS) is 17.7. The first-order valence-electron chi connectivity index (χ1n) is 9.33. The highest BCUT2D eigenvalue weighted by molar-refractivity contribution is 6.03. The minimum absolute atomic E-state index is 0.0526. The highest BCUT2D eigenvalue weighted by Crippen LogP contribution is 2.43. The number of halogens is 2. The van der Waals surface area contributed by atoms with Crippen LogP contribution >= 0.6 is 0 Å². The summed E-state index contributed by atoms with van der Waals surface area (Å²) >= 11 is 0. The van der Waals surface area contributed by atoms with Crippen molar-refractivity contribution in [2.75, 3.05) is 11.9 Å². The van der Waals surface area contributed by atoms with Gasteiger partial charge in [0.2, 0.25) is 0 Å². The molecule has 1 amide bonds. The average molecular weight is 429 g/mol. The second-order valence-electron chi connectivity index (χ2n) is 7.88. The summed E-state index contributed by atoms with van der Waals surface area (Å²) in [4.78, 5) is 20.2. The van der Waals surface area contributed by atoms with Crippen molar-refractivity contribution in [2.45, 2.75) is 38.3 Å². The molecule has 1 aromatic carbocycles. The number of carbonyl (C=O) groups is 1. The number of ether oxygens (including phenoxy) is 2. The standard InChI is InChI=1S/C21H21F2N5O3/c1-20(2,3)31-16-7-5-13(27-18(29)15-6-4-12(9-24)10-26-15)8-14(16)17-21(22,23)11-30-19(25)28-17/h4-8,10,17H,11H2,1-3H3,(H2,25,28)(H,27,29). The van der Waals surface area contributed by atoms with Crippen molar-refractivity contribution in [3.63, 3.8) is 0 Å².